The number of hydrogen-bond donors (Lipinski definition) is 2. The summed E-state index contributed by atoms with van der Waals surface area (Å²) in [7, 11) is 0. The molecule has 0 saturated heterocycles. The number of hydrogen-bond acceptors (Lipinski definition) is 4. The van der Waals surface area contributed by atoms with E-state index < -0.39 is 6.61 Å². The molecule has 0 amide bonds. The number of para-hydroxylation sites is 1. The lowest BCUT2D eigenvalue weighted by atomic mass is 10.2. The van der Waals surface area contributed by atoms with E-state index in [0.29, 0.717) is 30.5 Å². The average Bonchev–Trinajstić information content (AvgIpc) is 3.09. The van der Waals surface area contributed by atoms with Crippen molar-refractivity contribution in [3.05, 3.63) is 45.9 Å². The number of nitrogens with one attached hydrogen (secondary N) is 2. The molecular weight excluding hydrogens is 370 g/mol. The van der Waals surface area contributed by atoms with Crippen LogP contribution in [0.5, 0.6) is 5.75 Å². The van der Waals surface area contributed by atoms with Crippen molar-refractivity contribution < 1.29 is 13.5 Å². The first-order valence-electron chi connectivity index (χ1n) is 8.98. The van der Waals surface area contributed by atoms with Crippen LogP contribution in [0.25, 0.3) is 0 Å². The molecule has 0 spiro atoms. The van der Waals surface area contributed by atoms with Crippen LogP contribution in [0.4, 0.5) is 8.78 Å². The molecule has 1 heterocycles. The van der Waals surface area contributed by atoms with Crippen molar-refractivity contribution in [3.63, 3.8) is 0 Å². The van der Waals surface area contributed by atoms with Crippen LogP contribution in [-0.2, 0) is 13.0 Å². The van der Waals surface area contributed by atoms with Crippen LogP contribution in [0.1, 0.15) is 43.0 Å². The van der Waals surface area contributed by atoms with Gasteiger partial charge in [0.2, 0.25) is 0 Å². The lowest BCUT2D eigenvalue weighted by molar-refractivity contribution is -0.0504. The van der Waals surface area contributed by atoms with Gasteiger partial charge in [0.25, 0.3) is 0 Å². The number of rotatable bonds is 9. The molecular formula is C19H26F2N4OS. The predicted octanol–water partition coefficient (Wildman–Crippen LogP) is 4.17. The van der Waals surface area contributed by atoms with Crippen LogP contribution in [0.2, 0.25) is 0 Å². The van der Waals surface area contributed by atoms with Crippen molar-refractivity contribution in [1.29, 1.82) is 0 Å². The van der Waals surface area contributed by atoms with Crippen LogP contribution in [-0.4, -0.2) is 30.6 Å². The van der Waals surface area contributed by atoms with Crippen LogP contribution in [0.3, 0.4) is 0 Å². The van der Waals surface area contributed by atoms with Crippen LogP contribution in [0, 0.1) is 0 Å². The Hall–Kier alpha value is -2.22. The Balaban J connectivity index is 1.94. The lowest BCUT2D eigenvalue weighted by Gasteiger charge is -2.12. The molecule has 2 rings (SSSR count). The minimum Gasteiger partial charge on any atom is -0.434 e. The van der Waals surface area contributed by atoms with Gasteiger partial charge in [0, 0.05) is 36.4 Å². The Bertz CT molecular complexity index is 734. The predicted molar refractivity (Wildman–Crippen MR) is 106 cm³/mol. The number of aromatic nitrogens is 1. The minimum absolute atomic E-state index is 0.149. The summed E-state index contributed by atoms with van der Waals surface area (Å²) in [6.45, 7) is 5.01. The number of aliphatic imine (C=N–C) groups is 1. The van der Waals surface area contributed by atoms with Crippen molar-refractivity contribution >= 4 is 17.3 Å². The van der Waals surface area contributed by atoms with E-state index in [-0.39, 0.29) is 12.3 Å². The zero-order chi connectivity index (χ0) is 19.6. The molecule has 0 aliphatic heterocycles. The largest absolute Gasteiger partial charge is 0.434 e. The van der Waals surface area contributed by atoms with E-state index in [0.717, 1.165) is 17.1 Å². The third kappa shape index (κ3) is 7.13. The fourth-order valence-corrected chi connectivity index (χ4v) is 3.23. The molecule has 0 aliphatic rings. The van der Waals surface area contributed by atoms with E-state index in [4.69, 9.17) is 0 Å². The monoisotopic (exact) mass is 396 g/mol. The molecule has 0 aliphatic carbocycles. The SMILES string of the molecule is CCNC(=NCc1ccccc1OC(F)F)NCCc1csc(C(C)C)n1. The molecule has 0 saturated carbocycles. The number of nitrogens with zero attached hydrogens (tertiary/aromatic N) is 2. The highest BCUT2D eigenvalue weighted by molar-refractivity contribution is 7.09. The molecule has 2 aromatic rings. The minimum atomic E-state index is -2.85. The summed E-state index contributed by atoms with van der Waals surface area (Å²) in [5, 5.41) is 9.63. The van der Waals surface area contributed by atoms with E-state index >= 15 is 0 Å². The van der Waals surface area contributed by atoms with Crippen molar-refractivity contribution in [2.45, 2.75) is 46.3 Å². The van der Waals surface area contributed by atoms with Crippen LogP contribution >= 0.6 is 11.3 Å². The van der Waals surface area contributed by atoms with Gasteiger partial charge in [-0.25, -0.2) is 9.98 Å². The highest BCUT2D eigenvalue weighted by Gasteiger charge is 2.09. The molecule has 27 heavy (non-hydrogen) atoms. The molecule has 2 N–H and O–H groups in total. The maximum absolute atomic E-state index is 12.5. The first-order valence-corrected chi connectivity index (χ1v) is 9.86. The van der Waals surface area contributed by atoms with E-state index in [1.54, 1.807) is 29.5 Å². The van der Waals surface area contributed by atoms with E-state index in [1.807, 2.05) is 6.92 Å². The van der Waals surface area contributed by atoms with Gasteiger partial charge in [0.15, 0.2) is 5.96 Å². The van der Waals surface area contributed by atoms with Crippen LogP contribution in [0.15, 0.2) is 34.6 Å². The van der Waals surface area contributed by atoms with Gasteiger partial charge >= 0.3 is 6.61 Å². The summed E-state index contributed by atoms with van der Waals surface area (Å²) in [5.74, 6) is 1.21. The molecule has 148 valence electrons. The molecule has 1 aromatic carbocycles. The Morgan fingerprint density at radius 3 is 2.70 bits per heavy atom. The number of ether oxygens (including phenoxy) is 1. The Kier molecular flexibility index (Phi) is 8.44. The molecule has 5 nitrogen and oxygen atoms in total. The molecule has 8 heteroatoms. The van der Waals surface area contributed by atoms with Crippen LogP contribution < -0.4 is 15.4 Å². The molecule has 0 bridgehead atoms. The number of alkyl halides is 2. The fraction of sp³-hybridized carbons (Fsp3) is 0.474. The third-order valence-electron chi connectivity index (χ3n) is 3.68. The summed E-state index contributed by atoms with van der Waals surface area (Å²) in [6.07, 6.45) is 0.790. The van der Waals surface area contributed by atoms with E-state index in [9.17, 15) is 8.78 Å². The zero-order valence-corrected chi connectivity index (χ0v) is 16.7. The average molecular weight is 397 g/mol. The van der Waals surface area contributed by atoms with Crippen molar-refractivity contribution in [1.82, 2.24) is 15.6 Å². The Morgan fingerprint density at radius 2 is 2.04 bits per heavy atom. The second-order valence-electron chi connectivity index (χ2n) is 6.19. The molecule has 0 unspecified atom stereocenters. The standard InChI is InChI=1S/C19H26F2N4OS/c1-4-22-19(23-10-9-15-12-27-17(25-15)13(2)3)24-11-14-7-5-6-8-16(14)26-18(20)21/h5-8,12-13,18H,4,9-11H2,1-3H3,(H2,22,23,24). The van der Waals surface area contributed by atoms with Gasteiger partial charge in [-0.15, -0.1) is 11.3 Å². The first-order chi connectivity index (χ1) is 13.0. The number of guanidine groups is 1. The third-order valence-corrected chi connectivity index (χ3v) is 4.87. The smallest absolute Gasteiger partial charge is 0.387 e. The zero-order valence-electron chi connectivity index (χ0n) is 15.8. The second-order valence-corrected chi connectivity index (χ2v) is 7.08. The fourth-order valence-electron chi connectivity index (χ4n) is 2.36. The maximum Gasteiger partial charge on any atom is 0.387 e. The summed E-state index contributed by atoms with van der Waals surface area (Å²) in [5.41, 5.74) is 1.67. The van der Waals surface area contributed by atoms with Gasteiger partial charge in [-0.1, -0.05) is 32.0 Å². The molecule has 1 aromatic heterocycles. The van der Waals surface area contributed by atoms with Gasteiger partial charge in [-0.3, -0.25) is 0 Å². The Morgan fingerprint density at radius 1 is 1.26 bits per heavy atom. The van der Waals surface area contributed by atoms with Gasteiger partial charge in [-0.2, -0.15) is 8.78 Å². The maximum atomic E-state index is 12.5. The summed E-state index contributed by atoms with van der Waals surface area (Å²) in [6, 6.07) is 6.69. The number of benzene rings is 1. The lowest BCUT2D eigenvalue weighted by Crippen LogP contribution is -2.38. The normalized spacial score (nSPS) is 11.9. The van der Waals surface area contributed by atoms with Crippen molar-refractivity contribution in [3.8, 4) is 5.75 Å². The first kappa shape index (κ1) is 21.1. The van der Waals surface area contributed by atoms with E-state index in [1.165, 1.54) is 6.07 Å². The quantitative estimate of drug-likeness (QED) is 0.493. The highest BCUT2D eigenvalue weighted by atomic mass is 32.1. The summed E-state index contributed by atoms with van der Waals surface area (Å²) >= 11 is 1.68. The van der Waals surface area contributed by atoms with Gasteiger partial charge in [-0.05, 0) is 13.0 Å². The number of thiazole rings is 1. The molecule has 0 fully saturated rings. The van der Waals surface area contributed by atoms with Gasteiger partial charge in [0.1, 0.15) is 5.75 Å². The van der Waals surface area contributed by atoms with Gasteiger partial charge in [0.05, 0.1) is 17.2 Å². The topological polar surface area (TPSA) is 58.5 Å². The molecule has 0 radical (unpaired) electrons. The highest BCUT2D eigenvalue weighted by Crippen LogP contribution is 2.21. The molecule has 0 atom stereocenters. The summed E-state index contributed by atoms with van der Waals surface area (Å²) in [4.78, 5) is 9.08. The van der Waals surface area contributed by atoms with E-state index in [2.05, 4.69) is 44.6 Å². The van der Waals surface area contributed by atoms with Crippen molar-refractivity contribution in [2.24, 2.45) is 4.99 Å². The summed E-state index contributed by atoms with van der Waals surface area (Å²) < 4.78 is 29.6. The van der Waals surface area contributed by atoms with Gasteiger partial charge < -0.3 is 15.4 Å². The second kappa shape index (κ2) is 10.8. The number of halogens is 2. The van der Waals surface area contributed by atoms with Crippen molar-refractivity contribution in [2.75, 3.05) is 13.1 Å². The Labute approximate surface area is 162 Å².